The minimum atomic E-state index is 0.0983. The van der Waals surface area contributed by atoms with E-state index in [9.17, 15) is 5.11 Å². The van der Waals surface area contributed by atoms with Gasteiger partial charge in [-0.2, -0.15) is 0 Å². The molecule has 0 aliphatic rings. The first-order valence-corrected chi connectivity index (χ1v) is 6.40. The van der Waals surface area contributed by atoms with E-state index in [1.165, 1.54) is 0 Å². The normalized spacial score (nSPS) is 12.2. The van der Waals surface area contributed by atoms with Crippen LogP contribution in [-0.4, -0.2) is 45.0 Å². The molecule has 0 aromatic heterocycles. The van der Waals surface area contributed by atoms with Gasteiger partial charge in [0.2, 0.25) is 0 Å². The second kappa shape index (κ2) is 7.95. The van der Waals surface area contributed by atoms with Crippen LogP contribution in [-0.2, 0) is 0 Å². The Hall–Kier alpha value is -1.26. The van der Waals surface area contributed by atoms with Gasteiger partial charge in [-0.15, -0.1) is 0 Å². The molecular formula is C14H24N2O2. The van der Waals surface area contributed by atoms with E-state index in [1.807, 2.05) is 31.3 Å². The van der Waals surface area contributed by atoms with Crippen molar-refractivity contribution in [2.24, 2.45) is 0 Å². The van der Waals surface area contributed by atoms with E-state index in [-0.39, 0.29) is 12.6 Å². The zero-order valence-electron chi connectivity index (χ0n) is 11.5. The number of nitrogens with zero attached hydrogens (tertiary/aromatic N) is 1. The maximum absolute atomic E-state index is 9.34. The fourth-order valence-electron chi connectivity index (χ4n) is 1.82. The molecule has 1 unspecified atom stereocenters. The van der Waals surface area contributed by atoms with Crippen molar-refractivity contribution in [1.29, 1.82) is 0 Å². The van der Waals surface area contributed by atoms with Crippen LogP contribution >= 0.6 is 0 Å². The minimum absolute atomic E-state index is 0.0983. The van der Waals surface area contributed by atoms with Gasteiger partial charge in [-0.3, -0.25) is 0 Å². The van der Waals surface area contributed by atoms with Gasteiger partial charge in [0.05, 0.1) is 13.7 Å². The number of likely N-dealkylation sites (N-methyl/N-ethyl adjacent to an activating group) is 1. The number of aliphatic hydroxyl groups is 1. The van der Waals surface area contributed by atoms with E-state index < -0.39 is 0 Å². The number of benzene rings is 1. The lowest BCUT2D eigenvalue weighted by atomic mass is 10.2. The van der Waals surface area contributed by atoms with Crippen LogP contribution in [0.4, 0.5) is 5.69 Å². The van der Waals surface area contributed by atoms with E-state index in [0.717, 1.165) is 30.9 Å². The van der Waals surface area contributed by atoms with Crippen LogP contribution < -0.4 is 15.0 Å². The van der Waals surface area contributed by atoms with Gasteiger partial charge in [0, 0.05) is 31.4 Å². The van der Waals surface area contributed by atoms with E-state index >= 15 is 0 Å². The van der Waals surface area contributed by atoms with E-state index in [4.69, 9.17) is 4.74 Å². The minimum Gasteiger partial charge on any atom is -0.497 e. The molecule has 0 saturated heterocycles. The van der Waals surface area contributed by atoms with E-state index in [0.29, 0.717) is 0 Å². The molecule has 0 aliphatic heterocycles. The number of hydrogen-bond donors (Lipinski definition) is 2. The fourth-order valence-corrected chi connectivity index (χ4v) is 1.82. The Balaban J connectivity index is 2.59. The summed E-state index contributed by atoms with van der Waals surface area (Å²) in [6.07, 6.45) is 1.07. The molecule has 4 nitrogen and oxygen atoms in total. The van der Waals surface area contributed by atoms with Crippen molar-refractivity contribution < 1.29 is 9.84 Å². The Morgan fingerprint density at radius 2 is 2.22 bits per heavy atom. The van der Waals surface area contributed by atoms with Crippen molar-refractivity contribution in [3.8, 4) is 5.75 Å². The molecule has 0 fully saturated rings. The Morgan fingerprint density at radius 3 is 2.83 bits per heavy atom. The summed E-state index contributed by atoms with van der Waals surface area (Å²) in [6, 6.07) is 8.03. The van der Waals surface area contributed by atoms with Crippen LogP contribution in [0.2, 0.25) is 0 Å². The van der Waals surface area contributed by atoms with Gasteiger partial charge >= 0.3 is 0 Å². The maximum atomic E-state index is 9.34. The zero-order chi connectivity index (χ0) is 13.4. The van der Waals surface area contributed by atoms with Crippen molar-refractivity contribution in [2.45, 2.75) is 19.4 Å². The summed E-state index contributed by atoms with van der Waals surface area (Å²) < 4.78 is 5.21. The number of aliphatic hydroxyl groups excluding tert-OH is 1. The Morgan fingerprint density at radius 1 is 1.44 bits per heavy atom. The van der Waals surface area contributed by atoms with Gasteiger partial charge in [-0.1, -0.05) is 13.0 Å². The number of hydrogen-bond acceptors (Lipinski definition) is 4. The smallest absolute Gasteiger partial charge is 0.120 e. The van der Waals surface area contributed by atoms with Gasteiger partial charge in [-0.25, -0.2) is 0 Å². The molecule has 18 heavy (non-hydrogen) atoms. The fraction of sp³-hybridized carbons (Fsp3) is 0.571. The van der Waals surface area contributed by atoms with E-state index in [1.54, 1.807) is 7.11 Å². The van der Waals surface area contributed by atoms with E-state index in [2.05, 4.69) is 17.1 Å². The molecule has 1 aromatic rings. The van der Waals surface area contributed by atoms with Crippen LogP contribution in [0.1, 0.15) is 13.3 Å². The molecule has 0 aliphatic carbocycles. The lowest BCUT2D eigenvalue weighted by Crippen LogP contribution is -2.42. The highest BCUT2D eigenvalue weighted by Crippen LogP contribution is 2.19. The first-order valence-electron chi connectivity index (χ1n) is 6.40. The van der Waals surface area contributed by atoms with Gasteiger partial charge < -0.3 is 20.1 Å². The molecule has 0 saturated carbocycles. The number of nitrogens with one attached hydrogen (secondary N) is 1. The Bertz CT molecular complexity index is 344. The number of methoxy groups -OCH3 is 1. The monoisotopic (exact) mass is 252 g/mol. The highest BCUT2D eigenvalue weighted by Gasteiger charge is 2.10. The third kappa shape index (κ3) is 4.55. The van der Waals surface area contributed by atoms with Crippen molar-refractivity contribution in [1.82, 2.24) is 5.32 Å². The average Bonchev–Trinajstić information content (AvgIpc) is 2.43. The summed E-state index contributed by atoms with van der Waals surface area (Å²) >= 11 is 0. The molecule has 2 N–H and O–H groups in total. The first-order chi connectivity index (χ1) is 8.71. The van der Waals surface area contributed by atoms with Crippen molar-refractivity contribution in [2.75, 3.05) is 38.8 Å². The van der Waals surface area contributed by atoms with Gasteiger partial charge in [0.25, 0.3) is 0 Å². The molecule has 1 aromatic carbocycles. The van der Waals surface area contributed by atoms with Crippen molar-refractivity contribution >= 4 is 5.69 Å². The predicted octanol–water partition coefficient (Wildman–Crippen LogP) is 1.49. The molecule has 0 bridgehead atoms. The first kappa shape index (κ1) is 14.8. The van der Waals surface area contributed by atoms with Crippen LogP contribution in [0.5, 0.6) is 5.75 Å². The average molecular weight is 252 g/mol. The summed E-state index contributed by atoms with van der Waals surface area (Å²) in [4.78, 5) is 2.12. The molecule has 0 amide bonds. The van der Waals surface area contributed by atoms with Crippen LogP contribution in [0.15, 0.2) is 24.3 Å². The lowest BCUT2D eigenvalue weighted by Gasteiger charge is -2.25. The van der Waals surface area contributed by atoms with Gasteiger partial charge in [-0.05, 0) is 25.1 Å². The number of rotatable bonds is 8. The molecule has 1 rings (SSSR count). The molecule has 0 radical (unpaired) electrons. The summed E-state index contributed by atoms with van der Waals surface area (Å²) in [5.41, 5.74) is 1.09. The summed E-state index contributed by atoms with van der Waals surface area (Å²) in [5.74, 6) is 0.849. The highest BCUT2D eigenvalue weighted by molar-refractivity contribution is 5.50. The quantitative estimate of drug-likeness (QED) is 0.736. The topological polar surface area (TPSA) is 44.7 Å². The lowest BCUT2D eigenvalue weighted by molar-refractivity contribution is 0.245. The third-order valence-corrected chi connectivity index (χ3v) is 2.89. The highest BCUT2D eigenvalue weighted by atomic mass is 16.5. The van der Waals surface area contributed by atoms with Crippen LogP contribution in [0.3, 0.4) is 0 Å². The molecule has 0 spiro atoms. The molecular weight excluding hydrogens is 228 g/mol. The van der Waals surface area contributed by atoms with Crippen LogP contribution in [0, 0.1) is 0 Å². The largest absolute Gasteiger partial charge is 0.497 e. The summed E-state index contributed by atoms with van der Waals surface area (Å²) in [6.45, 7) is 3.96. The second-order valence-corrected chi connectivity index (χ2v) is 4.42. The third-order valence-electron chi connectivity index (χ3n) is 2.89. The van der Waals surface area contributed by atoms with Crippen molar-refractivity contribution in [3.63, 3.8) is 0 Å². The standard InChI is InChI=1S/C14H24N2O2/c1-4-8-15-12(11-17)10-16(2)13-6-5-7-14(9-13)18-3/h5-7,9,12,15,17H,4,8,10-11H2,1-3H3. The molecule has 0 heterocycles. The SMILES string of the molecule is CCCNC(CO)CN(C)c1cccc(OC)c1. The maximum Gasteiger partial charge on any atom is 0.120 e. The second-order valence-electron chi connectivity index (χ2n) is 4.42. The summed E-state index contributed by atoms with van der Waals surface area (Å²) in [7, 11) is 3.68. The Kier molecular flexibility index (Phi) is 6.54. The van der Waals surface area contributed by atoms with Crippen LogP contribution in [0.25, 0.3) is 0 Å². The predicted molar refractivity (Wildman–Crippen MR) is 75.4 cm³/mol. The Labute approximate surface area is 110 Å². The van der Waals surface area contributed by atoms with Crippen molar-refractivity contribution in [3.05, 3.63) is 24.3 Å². The van der Waals surface area contributed by atoms with Gasteiger partial charge in [0.1, 0.15) is 5.75 Å². The zero-order valence-corrected chi connectivity index (χ0v) is 11.5. The summed E-state index contributed by atoms with van der Waals surface area (Å²) in [5, 5.41) is 12.7. The molecule has 102 valence electrons. The number of ether oxygens (including phenoxy) is 1. The number of anilines is 1. The molecule has 4 heteroatoms. The van der Waals surface area contributed by atoms with Gasteiger partial charge in [0.15, 0.2) is 0 Å². The molecule has 1 atom stereocenters.